The smallest absolute Gasteiger partial charge is 0.270 e. The summed E-state index contributed by atoms with van der Waals surface area (Å²) in [6, 6.07) is 3.08. The fourth-order valence-electron chi connectivity index (χ4n) is 4.56. The van der Waals surface area contributed by atoms with E-state index in [9.17, 15) is 13.6 Å². The van der Waals surface area contributed by atoms with Crippen molar-refractivity contribution in [3.05, 3.63) is 57.8 Å². The normalized spacial score (nSPS) is 20.0. The number of aromatic amines is 1. The highest BCUT2D eigenvalue weighted by molar-refractivity contribution is 5.98. The molecule has 2 aliphatic rings. The molecular weight excluding hydrogens is 406 g/mol. The highest BCUT2D eigenvalue weighted by atomic mass is 19.1. The van der Waals surface area contributed by atoms with Gasteiger partial charge in [0.15, 0.2) is 0 Å². The zero-order valence-corrected chi connectivity index (χ0v) is 17.2. The van der Waals surface area contributed by atoms with Crippen molar-refractivity contribution in [3.8, 4) is 0 Å². The molecule has 3 N–H and O–H groups in total. The van der Waals surface area contributed by atoms with E-state index < -0.39 is 23.8 Å². The van der Waals surface area contributed by atoms with Crippen LogP contribution in [-0.2, 0) is 22.7 Å². The SMILES string of the molecule is CCN(C(=O)c1cc2nc(N)c3c(c2[nH]1)COC3)[C@@H]1CO[C@H](C)c2cc(F)cc(F)c21. The number of hydrogen-bond acceptors (Lipinski definition) is 5. The summed E-state index contributed by atoms with van der Waals surface area (Å²) < 4.78 is 39.8. The number of hydrogen-bond donors (Lipinski definition) is 2. The van der Waals surface area contributed by atoms with Gasteiger partial charge in [-0.3, -0.25) is 4.79 Å². The molecule has 0 saturated carbocycles. The van der Waals surface area contributed by atoms with Gasteiger partial charge in [-0.1, -0.05) is 0 Å². The van der Waals surface area contributed by atoms with Crippen LogP contribution in [0.2, 0.25) is 0 Å². The number of nitrogens with one attached hydrogen (secondary N) is 1. The Labute approximate surface area is 177 Å². The lowest BCUT2D eigenvalue weighted by Crippen LogP contribution is -2.40. The Morgan fingerprint density at radius 3 is 2.84 bits per heavy atom. The highest BCUT2D eigenvalue weighted by Crippen LogP contribution is 2.39. The molecule has 162 valence electrons. The molecule has 0 unspecified atom stereocenters. The Bertz CT molecular complexity index is 1210. The van der Waals surface area contributed by atoms with Crippen LogP contribution < -0.4 is 5.73 Å². The Hall–Kier alpha value is -3.04. The van der Waals surface area contributed by atoms with Gasteiger partial charge in [0.25, 0.3) is 5.91 Å². The van der Waals surface area contributed by atoms with E-state index in [1.54, 1.807) is 13.0 Å². The monoisotopic (exact) mass is 428 g/mol. The number of amides is 1. The summed E-state index contributed by atoms with van der Waals surface area (Å²) >= 11 is 0. The quantitative estimate of drug-likeness (QED) is 0.663. The Kier molecular flexibility index (Phi) is 4.67. The zero-order valence-electron chi connectivity index (χ0n) is 17.2. The maximum absolute atomic E-state index is 14.8. The summed E-state index contributed by atoms with van der Waals surface area (Å²) in [4.78, 5) is 22.5. The van der Waals surface area contributed by atoms with Crippen molar-refractivity contribution in [2.24, 2.45) is 0 Å². The van der Waals surface area contributed by atoms with Crippen molar-refractivity contribution in [3.63, 3.8) is 0 Å². The van der Waals surface area contributed by atoms with Crippen molar-refractivity contribution in [1.29, 1.82) is 0 Å². The van der Waals surface area contributed by atoms with Gasteiger partial charge < -0.3 is 25.1 Å². The van der Waals surface area contributed by atoms with Crippen molar-refractivity contribution in [1.82, 2.24) is 14.9 Å². The van der Waals surface area contributed by atoms with E-state index in [2.05, 4.69) is 9.97 Å². The number of aromatic nitrogens is 2. The molecule has 2 aliphatic heterocycles. The second-order valence-corrected chi connectivity index (χ2v) is 7.86. The standard InChI is InChI=1S/C22H22F2N4O3/c1-3-28(18-9-31-10(2)12-4-11(23)5-15(24)19(12)18)22(29)17-6-16-20(26-17)13-7-30-8-14(13)21(25)27-16/h4-6,10,18,26H,3,7-9H2,1-2H3,(H2,25,27)/t10-,18-/m1/s1. The summed E-state index contributed by atoms with van der Waals surface area (Å²) in [5.74, 6) is -1.29. The number of benzene rings is 1. The molecule has 5 rings (SSSR count). The third-order valence-corrected chi connectivity index (χ3v) is 6.12. The molecule has 1 amide bonds. The van der Waals surface area contributed by atoms with E-state index >= 15 is 0 Å². The first kappa shape index (κ1) is 19.9. The van der Waals surface area contributed by atoms with Crippen molar-refractivity contribution >= 4 is 22.8 Å². The van der Waals surface area contributed by atoms with Crippen LogP contribution >= 0.6 is 0 Å². The number of ether oxygens (including phenoxy) is 2. The predicted octanol–water partition coefficient (Wildman–Crippen LogP) is 3.75. The zero-order chi connectivity index (χ0) is 21.9. The van der Waals surface area contributed by atoms with Crippen molar-refractivity contribution in [2.75, 3.05) is 18.9 Å². The van der Waals surface area contributed by atoms with Gasteiger partial charge in [-0.15, -0.1) is 0 Å². The molecule has 0 bridgehead atoms. The third kappa shape index (κ3) is 3.07. The summed E-state index contributed by atoms with van der Waals surface area (Å²) in [7, 11) is 0. The van der Waals surface area contributed by atoms with Crippen LogP contribution in [0.1, 0.15) is 58.7 Å². The molecule has 0 radical (unpaired) electrons. The van der Waals surface area contributed by atoms with Gasteiger partial charge in [-0.25, -0.2) is 13.8 Å². The van der Waals surface area contributed by atoms with Crippen LogP contribution in [0.5, 0.6) is 0 Å². The molecule has 0 saturated heterocycles. The number of halogens is 2. The first-order valence-corrected chi connectivity index (χ1v) is 10.2. The van der Waals surface area contributed by atoms with Crippen LogP contribution in [0.4, 0.5) is 14.6 Å². The molecule has 3 aromatic rings. The van der Waals surface area contributed by atoms with E-state index in [0.29, 0.717) is 53.4 Å². The molecule has 9 heteroatoms. The number of pyridine rings is 1. The molecule has 2 aromatic heterocycles. The number of H-pyrrole nitrogens is 1. The molecule has 0 aliphatic carbocycles. The third-order valence-electron chi connectivity index (χ3n) is 6.12. The topological polar surface area (TPSA) is 93.5 Å². The van der Waals surface area contributed by atoms with Gasteiger partial charge in [0.05, 0.1) is 43.0 Å². The van der Waals surface area contributed by atoms with Crippen LogP contribution in [0.25, 0.3) is 11.0 Å². The lowest BCUT2D eigenvalue weighted by atomic mass is 9.92. The van der Waals surface area contributed by atoms with Gasteiger partial charge in [-0.2, -0.15) is 0 Å². The summed E-state index contributed by atoms with van der Waals surface area (Å²) in [5, 5.41) is 0. The molecule has 0 spiro atoms. The highest BCUT2D eigenvalue weighted by Gasteiger charge is 2.36. The number of rotatable bonds is 3. The average molecular weight is 428 g/mol. The van der Waals surface area contributed by atoms with Crippen molar-refractivity contribution < 1.29 is 23.0 Å². The van der Waals surface area contributed by atoms with Crippen molar-refractivity contribution in [2.45, 2.75) is 39.2 Å². The molecule has 4 heterocycles. The minimum absolute atomic E-state index is 0.116. The van der Waals surface area contributed by atoms with E-state index in [0.717, 1.165) is 17.2 Å². The summed E-state index contributed by atoms with van der Waals surface area (Å²) in [6.07, 6.45) is -0.465. The maximum Gasteiger partial charge on any atom is 0.270 e. The molecule has 1 aromatic carbocycles. The fourth-order valence-corrected chi connectivity index (χ4v) is 4.56. The Balaban J connectivity index is 1.56. The number of nitrogens with zero attached hydrogens (tertiary/aromatic N) is 2. The van der Waals surface area contributed by atoms with Gasteiger partial charge in [0.1, 0.15) is 23.1 Å². The Morgan fingerprint density at radius 1 is 1.29 bits per heavy atom. The van der Waals surface area contributed by atoms with Crippen LogP contribution in [0.15, 0.2) is 18.2 Å². The van der Waals surface area contributed by atoms with E-state index in [1.807, 2.05) is 6.92 Å². The number of carbonyl (C=O) groups is 1. The molecule has 31 heavy (non-hydrogen) atoms. The summed E-state index contributed by atoms with van der Waals surface area (Å²) in [6.45, 7) is 4.75. The molecular formula is C22H22F2N4O3. The van der Waals surface area contributed by atoms with E-state index in [-0.39, 0.29) is 12.5 Å². The first-order valence-electron chi connectivity index (χ1n) is 10.2. The molecule has 0 fully saturated rings. The lowest BCUT2D eigenvalue weighted by Gasteiger charge is -2.37. The largest absolute Gasteiger partial charge is 0.383 e. The minimum Gasteiger partial charge on any atom is -0.383 e. The maximum atomic E-state index is 14.8. The number of carbonyl (C=O) groups excluding carboxylic acids is 1. The predicted molar refractivity (Wildman–Crippen MR) is 109 cm³/mol. The number of nitrogen functional groups attached to an aromatic ring is 1. The first-order chi connectivity index (χ1) is 14.9. The Morgan fingerprint density at radius 2 is 2.06 bits per heavy atom. The van der Waals surface area contributed by atoms with Crippen LogP contribution in [-0.4, -0.2) is 33.9 Å². The van der Waals surface area contributed by atoms with E-state index in [4.69, 9.17) is 15.2 Å². The number of nitrogens with two attached hydrogens (primary N) is 1. The lowest BCUT2D eigenvalue weighted by molar-refractivity contribution is -0.00152. The van der Waals surface area contributed by atoms with Crippen LogP contribution in [0, 0.1) is 11.6 Å². The van der Waals surface area contributed by atoms with Gasteiger partial charge in [0.2, 0.25) is 0 Å². The van der Waals surface area contributed by atoms with Gasteiger partial charge in [-0.05, 0) is 31.5 Å². The molecule has 2 atom stereocenters. The number of anilines is 1. The average Bonchev–Trinajstić information content (AvgIpc) is 3.37. The number of likely N-dealkylation sites (N-methyl/N-ethyl adjacent to an activating group) is 1. The van der Waals surface area contributed by atoms with Gasteiger partial charge >= 0.3 is 0 Å². The molecule has 7 nitrogen and oxygen atoms in total. The second kappa shape index (κ2) is 7.28. The minimum atomic E-state index is -0.678. The fraction of sp³-hybridized carbons (Fsp3) is 0.364. The van der Waals surface area contributed by atoms with Gasteiger partial charge in [0, 0.05) is 29.3 Å². The van der Waals surface area contributed by atoms with E-state index in [1.165, 1.54) is 11.0 Å². The van der Waals surface area contributed by atoms with Crippen LogP contribution in [0.3, 0.4) is 0 Å². The summed E-state index contributed by atoms with van der Waals surface area (Å²) in [5.41, 5.74) is 10.1. The second-order valence-electron chi connectivity index (χ2n) is 7.86. The number of fused-ring (bicyclic) bond motifs is 4.